The summed E-state index contributed by atoms with van der Waals surface area (Å²) in [7, 11) is 0. The van der Waals surface area contributed by atoms with E-state index in [1.54, 1.807) is 11.3 Å². The van der Waals surface area contributed by atoms with Gasteiger partial charge in [0.05, 0.1) is 33.3 Å². The first-order valence-electron chi connectivity index (χ1n) is 9.49. The Bertz CT molecular complexity index is 1120. The number of nitrogens with zero attached hydrogens (tertiary/aromatic N) is 3. The second-order valence-electron chi connectivity index (χ2n) is 7.05. The van der Waals surface area contributed by atoms with E-state index >= 15 is 0 Å². The maximum Gasteiger partial charge on any atom is 0.230 e. The van der Waals surface area contributed by atoms with Crippen molar-refractivity contribution in [3.05, 3.63) is 48.8 Å². The third-order valence-corrected chi connectivity index (χ3v) is 6.07. The number of aliphatic hydroxyl groups is 1. The SMILES string of the molecule is O[C@@H]1CCCC[C@H]1Nc1nc2ccc(Oc3ncnc4ccccc34)cc2s1. The van der Waals surface area contributed by atoms with E-state index < -0.39 is 0 Å². The van der Waals surface area contributed by atoms with Crippen molar-refractivity contribution in [3.8, 4) is 11.6 Å². The van der Waals surface area contributed by atoms with E-state index in [0.29, 0.717) is 11.6 Å². The van der Waals surface area contributed by atoms with Crippen molar-refractivity contribution >= 4 is 37.6 Å². The molecule has 1 saturated carbocycles. The van der Waals surface area contributed by atoms with E-state index in [1.165, 1.54) is 6.33 Å². The number of benzene rings is 2. The molecule has 5 rings (SSSR count). The van der Waals surface area contributed by atoms with Gasteiger partial charge in [-0.15, -0.1) is 0 Å². The first-order valence-corrected chi connectivity index (χ1v) is 10.3. The van der Waals surface area contributed by atoms with Gasteiger partial charge < -0.3 is 15.2 Å². The van der Waals surface area contributed by atoms with Crippen molar-refractivity contribution in [1.29, 1.82) is 0 Å². The molecule has 0 bridgehead atoms. The monoisotopic (exact) mass is 392 g/mol. The van der Waals surface area contributed by atoms with Crippen LogP contribution in [0.1, 0.15) is 25.7 Å². The molecule has 1 aliphatic carbocycles. The first kappa shape index (κ1) is 17.3. The molecule has 2 N–H and O–H groups in total. The second-order valence-corrected chi connectivity index (χ2v) is 8.08. The van der Waals surface area contributed by atoms with Gasteiger partial charge in [0, 0.05) is 6.07 Å². The van der Waals surface area contributed by atoms with Gasteiger partial charge in [0.15, 0.2) is 5.13 Å². The smallest absolute Gasteiger partial charge is 0.230 e. The molecular formula is C21H20N4O2S. The Morgan fingerprint density at radius 2 is 1.93 bits per heavy atom. The van der Waals surface area contributed by atoms with E-state index in [-0.39, 0.29) is 12.1 Å². The quantitative estimate of drug-likeness (QED) is 0.522. The van der Waals surface area contributed by atoms with Crippen LogP contribution in [0.2, 0.25) is 0 Å². The summed E-state index contributed by atoms with van der Waals surface area (Å²) in [6.45, 7) is 0. The lowest BCUT2D eigenvalue weighted by Gasteiger charge is -2.27. The highest BCUT2D eigenvalue weighted by Gasteiger charge is 2.23. The number of aromatic nitrogens is 3. The number of ether oxygens (including phenoxy) is 1. The molecular weight excluding hydrogens is 372 g/mol. The number of thiazole rings is 1. The van der Waals surface area contributed by atoms with Crippen molar-refractivity contribution in [2.45, 2.75) is 37.8 Å². The molecule has 0 saturated heterocycles. The van der Waals surface area contributed by atoms with Crippen LogP contribution in [0.4, 0.5) is 5.13 Å². The van der Waals surface area contributed by atoms with Crippen LogP contribution in [0.25, 0.3) is 21.1 Å². The van der Waals surface area contributed by atoms with Crippen molar-refractivity contribution in [3.63, 3.8) is 0 Å². The van der Waals surface area contributed by atoms with Crippen LogP contribution in [0.15, 0.2) is 48.8 Å². The van der Waals surface area contributed by atoms with Crippen LogP contribution in [0, 0.1) is 0 Å². The van der Waals surface area contributed by atoms with Gasteiger partial charge in [-0.1, -0.05) is 36.3 Å². The normalized spacial score (nSPS) is 19.8. The average Bonchev–Trinajstić information content (AvgIpc) is 3.12. The first-order chi connectivity index (χ1) is 13.8. The predicted octanol–water partition coefficient (Wildman–Crippen LogP) is 4.75. The van der Waals surface area contributed by atoms with Crippen molar-refractivity contribution in [2.75, 3.05) is 5.32 Å². The number of hydrogen-bond acceptors (Lipinski definition) is 7. The largest absolute Gasteiger partial charge is 0.438 e. The third-order valence-electron chi connectivity index (χ3n) is 5.12. The fourth-order valence-corrected chi connectivity index (χ4v) is 4.60. The lowest BCUT2D eigenvalue weighted by Crippen LogP contribution is -2.36. The highest BCUT2D eigenvalue weighted by atomic mass is 32.1. The van der Waals surface area contributed by atoms with Crippen LogP contribution in [-0.4, -0.2) is 32.2 Å². The lowest BCUT2D eigenvalue weighted by atomic mass is 9.93. The second kappa shape index (κ2) is 7.33. The summed E-state index contributed by atoms with van der Waals surface area (Å²) in [5.74, 6) is 1.25. The molecule has 0 spiro atoms. The van der Waals surface area contributed by atoms with Crippen LogP contribution < -0.4 is 10.1 Å². The molecule has 1 aliphatic rings. The maximum atomic E-state index is 10.2. The summed E-state index contributed by atoms with van der Waals surface area (Å²) in [6, 6.07) is 13.7. The summed E-state index contributed by atoms with van der Waals surface area (Å²) >= 11 is 1.58. The molecule has 7 heteroatoms. The minimum atomic E-state index is -0.300. The number of anilines is 1. The molecule has 0 aliphatic heterocycles. The standard InChI is InChI=1S/C21H20N4O2S/c26-18-8-4-3-7-16(18)24-21-25-17-10-9-13(11-19(17)28-21)27-20-14-5-1-2-6-15(14)22-12-23-20/h1-2,5-6,9-12,16,18,26H,3-4,7-8H2,(H,24,25)/t16-,18-/m1/s1. The summed E-state index contributed by atoms with van der Waals surface area (Å²) in [5, 5.41) is 15.3. The molecule has 2 atom stereocenters. The van der Waals surface area contributed by atoms with E-state index in [1.807, 2.05) is 42.5 Å². The zero-order chi connectivity index (χ0) is 18.9. The number of fused-ring (bicyclic) bond motifs is 2. The van der Waals surface area contributed by atoms with Gasteiger partial charge >= 0.3 is 0 Å². The number of nitrogens with one attached hydrogen (secondary N) is 1. The molecule has 2 aromatic carbocycles. The van der Waals surface area contributed by atoms with Gasteiger partial charge in [-0.05, 0) is 37.1 Å². The van der Waals surface area contributed by atoms with Gasteiger partial charge in [0.25, 0.3) is 0 Å². The zero-order valence-electron chi connectivity index (χ0n) is 15.2. The Morgan fingerprint density at radius 1 is 1.04 bits per heavy atom. The average molecular weight is 392 g/mol. The van der Waals surface area contributed by atoms with Crippen molar-refractivity contribution in [2.24, 2.45) is 0 Å². The Balaban J connectivity index is 1.40. The molecule has 0 radical (unpaired) electrons. The van der Waals surface area contributed by atoms with Crippen molar-refractivity contribution < 1.29 is 9.84 Å². The Hall–Kier alpha value is -2.77. The number of para-hydroxylation sites is 1. The highest BCUT2D eigenvalue weighted by Crippen LogP contribution is 2.33. The van der Waals surface area contributed by atoms with Crippen molar-refractivity contribution in [1.82, 2.24) is 15.0 Å². The molecule has 0 amide bonds. The summed E-state index contributed by atoms with van der Waals surface area (Å²) < 4.78 is 7.07. The van der Waals surface area contributed by atoms with E-state index in [2.05, 4.69) is 20.3 Å². The van der Waals surface area contributed by atoms with Gasteiger partial charge in [0.1, 0.15) is 12.1 Å². The summed E-state index contributed by atoms with van der Waals surface area (Å²) in [4.78, 5) is 13.2. The van der Waals surface area contributed by atoms with Crippen LogP contribution in [0.3, 0.4) is 0 Å². The van der Waals surface area contributed by atoms with Crippen LogP contribution in [-0.2, 0) is 0 Å². The summed E-state index contributed by atoms with van der Waals surface area (Å²) in [5.41, 5.74) is 1.77. The molecule has 1 fully saturated rings. The van der Waals surface area contributed by atoms with Gasteiger partial charge in [-0.2, -0.15) is 0 Å². The molecule has 28 heavy (non-hydrogen) atoms. The molecule has 142 valence electrons. The van der Waals surface area contributed by atoms with Gasteiger partial charge in [0.2, 0.25) is 5.88 Å². The Morgan fingerprint density at radius 3 is 2.86 bits per heavy atom. The van der Waals surface area contributed by atoms with Crippen LogP contribution >= 0.6 is 11.3 Å². The van der Waals surface area contributed by atoms with Crippen LogP contribution in [0.5, 0.6) is 11.6 Å². The Labute approximate surface area is 166 Å². The molecule has 4 aromatic rings. The molecule has 0 unspecified atom stereocenters. The summed E-state index contributed by atoms with van der Waals surface area (Å²) in [6.07, 6.45) is 5.29. The fraction of sp³-hybridized carbons (Fsp3) is 0.286. The molecule has 2 aromatic heterocycles. The van der Waals surface area contributed by atoms with E-state index in [9.17, 15) is 5.11 Å². The Kier molecular flexibility index (Phi) is 4.54. The number of hydrogen-bond donors (Lipinski definition) is 2. The molecule has 2 heterocycles. The zero-order valence-corrected chi connectivity index (χ0v) is 16.0. The minimum Gasteiger partial charge on any atom is -0.438 e. The fourth-order valence-electron chi connectivity index (χ4n) is 3.64. The highest BCUT2D eigenvalue weighted by molar-refractivity contribution is 7.22. The third kappa shape index (κ3) is 3.39. The minimum absolute atomic E-state index is 0.0809. The van der Waals surface area contributed by atoms with Gasteiger partial charge in [-0.25, -0.2) is 15.0 Å². The number of rotatable bonds is 4. The predicted molar refractivity (Wildman–Crippen MR) is 111 cm³/mol. The van der Waals surface area contributed by atoms with E-state index in [0.717, 1.165) is 51.9 Å². The molecule has 6 nitrogen and oxygen atoms in total. The lowest BCUT2D eigenvalue weighted by molar-refractivity contribution is 0.116. The topological polar surface area (TPSA) is 80.2 Å². The number of aliphatic hydroxyl groups excluding tert-OH is 1. The van der Waals surface area contributed by atoms with E-state index in [4.69, 9.17) is 4.74 Å². The maximum absolute atomic E-state index is 10.2. The van der Waals surface area contributed by atoms with Gasteiger partial charge in [-0.3, -0.25) is 0 Å².